The molecule has 0 aliphatic heterocycles. The predicted molar refractivity (Wildman–Crippen MR) is 87.6 cm³/mol. The Balaban J connectivity index is 1.74. The number of aryl methyl sites for hydroxylation is 2. The molecule has 3 aromatic rings. The summed E-state index contributed by atoms with van der Waals surface area (Å²) in [7, 11) is 0. The largest absolute Gasteiger partial charge is 0.487 e. The molecule has 0 N–H and O–H groups in total. The maximum absolute atomic E-state index is 10.6. The Morgan fingerprint density at radius 2 is 1.91 bits per heavy atom. The molecule has 23 heavy (non-hydrogen) atoms. The Bertz CT molecular complexity index is 819. The molecule has 0 fully saturated rings. The molecule has 1 aromatic heterocycles. The predicted octanol–water partition coefficient (Wildman–Crippen LogP) is 4.35. The number of nitrogens with zero attached hydrogens (tertiary/aromatic N) is 1. The van der Waals surface area contributed by atoms with Gasteiger partial charge in [0, 0.05) is 11.1 Å². The number of oxazole rings is 1. The second-order valence-corrected chi connectivity index (χ2v) is 5.37. The highest BCUT2D eigenvalue weighted by atomic mass is 16.5. The minimum atomic E-state index is 0.321. The van der Waals surface area contributed by atoms with Gasteiger partial charge in [0.05, 0.1) is 0 Å². The van der Waals surface area contributed by atoms with Crippen molar-refractivity contribution in [1.82, 2.24) is 4.98 Å². The molecule has 0 bridgehead atoms. The Kier molecular flexibility index (Phi) is 4.24. The lowest BCUT2D eigenvalue weighted by Crippen LogP contribution is -1.97. The van der Waals surface area contributed by atoms with Gasteiger partial charge >= 0.3 is 0 Å². The number of carbonyl (C=O) groups is 1. The van der Waals surface area contributed by atoms with E-state index in [1.807, 2.05) is 38.1 Å². The van der Waals surface area contributed by atoms with Crippen LogP contribution < -0.4 is 4.74 Å². The Morgan fingerprint density at radius 1 is 1.13 bits per heavy atom. The van der Waals surface area contributed by atoms with Crippen LogP contribution in [0.2, 0.25) is 0 Å². The molecule has 4 heteroatoms. The van der Waals surface area contributed by atoms with Crippen LogP contribution in [0.15, 0.2) is 52.9 Å². The summed E-state index contributed by atoms with van der Waals surface area (Å²) in [4.78, 5) is 15.2. The molecular formula is C19H17NO3. The number of rotatable bonds is 5. The van der Waals surface area contributed by atoms with E-state index in [1.54, 1.807) is 24.3 Å². The Hall–Kier alpha value is -2.88. The smallest absolute Gasteiger partial charge is 0.226 e. The normalized spacial score (nSPS) is 10.5. The number of benzene rings is 2. The number of hydrogen-bond donors (Lipinski definition) is 0. The zero-order valence-electron chi connectivity index (χ0n) is 13.1. The molecule has 0 unspecified atom stereocenters. The van der Waals surface area contributed by atoms with Crippen LogP contribution in [0, 0.1) is 13.8 Å². The lowest BCUT2D eigenvalue weighted by molar-refractivity contribution is 0.112. The van der Waals surface area contributed by atoms with E-state index in [0.29, 0.717) is 23.8 Å². The number of aldehydes is 1. The van der Waals surface area contributed by atoms with Crippen LogP contribution in [-0.4, -0.2) is 11.3 Å². The van der Waals surface area contributed by atoms with E-state index in [9.17, 15) is 4.79 Å². The average Bonchev–Trinajstić information content (AvgIpc) is 2.94. The van der Waals surface area contributed by atoms with Crippen LogP contribution >= 0.6 is 0 Å². The second kappa shape index (κ2) is 6.48. The molecule has 0 spiro atoms. The van der Waals surface area contributed by atoms with Crippen molar-refractivity contribution in [3.63, 3.8) is 0 Å². The maximum Gasteiger partial charge on any atom is 0.226 e. The third-order valence-electron chi connectivity index (χ3n) is 3.55. The highest BCUT2D eigenvalue weighted by Gasteiger charge is 2.12. The van der Waals surface area contributed by atoms with Gasteiger partial charge < -0.3 is 9.15 Å². The summed E-state index contributed by atoms with van der Waals surface area (Å²) >= 11 is 0. The SMILES string of the molecule is Cc1cccc(-c2nc(COc3ccc(C=O)cc3)c(C)o2)c1. The average molecular weight is 307 g/mol. The molecule has 116 valence electrons. The third-order valence-corrected chi connectivity index (χ3v) is 3.55. The summed E-state index contributed by atoms with van der Waals surface area (Å²) in [5.41, 5.74) is 3.50. The number of aromatic nitrogens is 1. The van der Waals surface area contributed by atoms with Crippen molar-refractivity contribution in [1.29, 1.82) is 0 Å². The molecule has 3 rings (SSSR count). The van der Waals surface area contributed by atoms with Gasteiger partial charge in [-0.15, -0.1) is 0 Å². The molecule has 0 aliphatic rings. The summed E-state index contributed by atoms with van der Waals surface area (Å²) in [5, 5.41) is 0. The van der Waals surface area contributed by atoms with E-state index in [0.717, 1.165) is 28.9 Å². The topological polar surface area (TPSA) is 52.3 Å². The van der Waals surface area contributed by atoms with E-state index < -0.39 is 0 Å². The van der Waals surface area contributed by atoms with Crippen LogP contribution in [0.1, 0.15) is 27.4 Å². The molecule has 0 aliphatic carbocycles. The van der Waals surface area contributed by atoms with E-state index in [1.165, 1.54) is 0 Å². The van der Waals surface area contributed by atoms with Crippen molar-refractivity contribution in [2.24, 2.45) is 0 Å². The molecule has 2 aromatic carbocycles. The van der Waals surface area contributed by atoms with Crippen LogP contribution in [-0.2, 0) is 6.61 Å². The number of hydrogen-bond acceptors (Lipinski definition) is 4. The fraction of sp³-hybridized carbons (Fsp3) is 0.158. The van der Waals surface area contributed by atoms with Crippen LogP contribution in [0.4, 0.5) is 0 Å². The first-order valence-corrected chi connectivity index (χ1v) is 7.37. The monoisotopic (exact) mass is 307 g/mol. The zero-order valence-corrected chi connectivity index (χ0v) is 13.1. The Labute approximate surface area is 134 Å². The lowest BCUT2D eigenvalue weighted by Gasteiger charge is -2.04. The molecule has 1 heterocycles. The molecule has 0 atom stereocenters. The van der Waals surface area contributed by atoms with Crippen LogP contribution in [0.25, 0.3) is 11.5 Å². The van der Waals surface area contributed by atoms with Gasteiger partial charge in [-0.3, -0.25) is 4.79 Å². The van der Waals surface area contributed by atoms with Crippen molar-refractivity contribution in [2.75, 3.05) is 0 Å². The van der Waals surface area contributed by atoms with E-state index >= 15 is 0 Å². The Morgan fingerprint density at radius 3 is 2.61 bits per heavy atom. The molecule has 0 saturated carbocycles. The van der Waals surface area contributed by atoms with Gasteiger partial charge in [0.1, 0.15) is 30.1 Å². The van der Waals surface area contributed by atoms with E-state index in [4.69, 9.17) is 9.15 Å². The molecule has 0 saturated heterocycles. The first kappa shape index (κ1) is 15.0. The maximum atomic E-state index is 10.6. The second-order valence-electron chi connectivity index (χ2n) is 5.37. The first-order chi connectivity index (χ1) is 11.2. The van der Waals surface area contributed by atoms with Crippen LogP contribution in [0.5, 0.6) is 5.75 Å². The summed E-state index contributed by atoms with van der Waals surface area (Å²) in [5.74, 6) is 2.03. The van der Waals surface area contributed by atoms with Gasteiger partial charge in [-0.1, -0.05) is 17.7 Å². The standard InChI is InChI=1S/C19H17NO3/c1-13-4-3-5-16(10-13)19-20-18(14(2)23-19)12-22-17-8-6-15(11-21)7-9-17/h3-11H,12H2,1-2H3. The summed E-state index contributed by atoms with van der Waals surface area (Å²) in [6.07, 6.45) is 0.805. The zero-order chi connectivity index (χ0) is 16.2. The van der Waals surface area contributed by atoms with Gasteiger partial charge in [-0.2, -0.15) is 0 Å². The number of carbonyl (C=O) groups excluding carboxylic acids is 1. The van der Waals surface area contributed by atoms with E-state index in [-0.39, 0.29) is 0 Å². The van der Waals surface area contributed by atoms with Gasteiger partial charge in [-0.05, 0) is 50.2 Å². The lowest BCUT2D eigenvalue weighted by atomic mass is 10.1. The fourth-order valence-corrected chi connectivity index (χ4v) is 2.26. The van der Waals surface area contributed by atoms with Crippen molar-refractivity contribution in [3.8, 4) is 17.2 Å². The third kappa shape index (κ3) is 3.48. The fourth-order valence-electron chi connectivity index (χ4n) is 2.26. The minimum Gasteiger partial charge on any atom is -0.487 e. The minimum absolute atomic E-state index is 0.321. The summed E-state index contributed by atoms with van der Waals surface area (Å²) < 4.78 is 11.5. The molecule has 4 nitrogen and oxygen atoms in total. The molecular weight excluding hydrogens is 290 g/mol. The van der Waals surface area contributed by atoms with Gasteiger partial charge in [0.25, 0.3) is 0 Å². The van der Waals surface area contributed by atoms with Crippen molar-refractivity contribution in [2.45, 2.75) is 20.5 Å². The quantitative estimate of drug-likeness (QED) is 0.658. The van der Waals surface area contributed by atoms with Crippen LogP contribution in [0.3, 0.4) is 0 Å². The molecule has 0 amide bonds. The number of ether oxygens (including phenoxy) is 1. The van der Waals surface area contributed by atoms with E-state index in [2.05, 4.69) is 4.98 Å². The highest BCUT2D eigenvalue weighted by Crippen LogP contribution is 2.23. The first-order valence-electron chi connectivity index (χ1n) is 7.37. The van der Waals surface area contributed by atoms with Crippen molar-refractivity contribution >= 4 is 6.29 Å². The van der Waals surface area contributed by atoms with Gasteiger partial charge in [-0.25, -0.2) is 4.98 Å². The van der Waals surface area contributed by atoms with Crippen molar-refractivity contribution in [3.05, 3.63) is 71.1 Å². The van der Waals surface area contributed by atoms with Gasteiger partial charge in [0.15, 0.2) is 0 Å². The van der Waals surface area contributed by atoms with Crippen molar-refractivity contribution < 1.29 is 13.9 Å². The summed E-state index contributed by atoms with van der Waals surface area (Å²) in [6.45, 7) is 4.23. The summed E-state index contributed by atoms with van der Waals surface area (Å²) in [6, 6.07) is 15.0. The van der Waals surface area contributed by atoms with Gasteiger partial charge in [0.2, 0.25) is 5.89 Å². The molecule has 0 radical (unpaired) electrons. The highest BCUT2D eigenvalue weighted by molar-refractivity contribution is 5.74.